The average Bonchev–Trinajstić information content (AvgIpc) is 2.91. The maximum atomic E-state index is 12.3. The molecular formula is C17H23NO2S. The summed E-state index contributed by atoms with van der Waals surface area (Å²) in [6, 6.07) is 2.12. The number of rotatable bonds is 3. The smallest absolute Gasteiger partial charge is 0.252 e. The van der Waals surface area contributed by atoms with Crippen LogP contribution in [0.25, 0.3) is 0 Å². The molecule has 0 aliphatic heterocycles. The third kappa shape index (κ3) is 4.59. The fraction of sp³-hybridized carbons (Fsp3) is 0.588. The maximum absolute atomic E-state index is 12.3. The first kappa shape index (κ1) is 16.1. The summed E-state index contributed by atoms with van der Waals surface area (Å²) in [6.45, 7) is 4.58. The molecule has 1 aliphatic carbocycles. The predicted molar refractivity (Wildman–Crippen MR) is 86.3 cm³/mol. The lowest BCUT2D eigenvalue weighted by Crippen LogP contribution is -2.42. The van der Waals surface area contributed by atoms with Crippen LogP contribution in [0.4, 0.5) is 0 Å². The Bertz CT molecular complexity index is 540. The van der Waals surface area contributed by atoms with E-state index in [0.29, 0.717) is 17.9 Å². The molecule has 1 aromatic rings. The number of thiophene rings is 1. The van der Waals surface area contributed by atoms with Gasteiger partial charge in [0.25, 0.3) is 5.91 Å². The highest BCUT2D eigenvalue weighted by Crippen LogP contribution is 2.28. The van der Waals surface area contributed by atoms with Crippen molar-refractivity contribution in [1.29, 1.82) is 0 Å². The molecule has 3 unspecified atom stereocenters. The fourth-order valence-corrected chi connectivity index (χ4v) is 3.61. The van der Waals surface area contributed by atoms with Crippen molar-refractivity contribution in [2.24, 2.45) is 11.8 Å². The maximum Gasteiger partial charge on any atom is 0.252 e. The van der Waals surface area contributed by atoms with E-state index >= 15 is 0 Å². The van der Waals surface area contributed by atoms with Gasteiger partial charge in [0.05, 0.1) is 17.0 Å². The standard InChI is InChI=1S/C17H23NO2S/c1-12-6-7-16(13(2)9-12)18-17(20)14-10-15(21-11-14)5-3-4-8-19/h10-13,16,19H,4,6-9H2,1-2H3,(H,18,20). The van der Waals surface area contributed by atoms with Gasteiger partial charge < -0.3 is 10.4 Å². The molecule has 1 heterocycles. The Balaban J connectivity index is 1.93. The number of amides is 1. The molecule has 1 fully saturated rings. The van der Waals surface area contributed by atoms with Crippen LogP contribution in [-0.4, -0.2) is 23.7 Å². The normalized spacial score (nSPS) is 25.0. The lowest BCUT2D eigenvalue weighted by molar-refractivity contribution is 0.0900. The summed E-state index contributed by atoms with van der Waals surface area (Å²) in [4.78, 5) is 13.2. The van der Waals surface area contributed by atoms with Gasteiger partial charge in [0.1, 0.15) is 0 Å². The third-order valence-corrected chi connectivity index (χ3v) is 4.90. The van der Waals surface area contributed by atoms with Gasteiger partial charge in [0, 0.05) is 17.8 Å². The number of carbonyl (C=O) groups is 1. The van der Waals surface area contributed by atoms with E-state index in [1.165, 1.54) is 24.2 Å². The van der Waals surface area contributed by atoms with E-state index in [-0.39, 0.29) is 18.6 Å². The van der Waals surface area contributed by atoms with E-state index in [4.69, 9.17) is 5.11 Å². The number of hydrogen-bond donors (Lipinski definition) is 2. The van der Waals surface area contributed by atoms with Gasteiger partial charge in [-0.25, -0.2) is 0 Å². The quantitative estimate of drug-likeness (QED) is 0.843. The molecule has 1 aromatic heterocycles. The molecule has 0 spiro atoms. The Hall–Kier alpha value is -1.31. The Morgan fingerprint density at radius 3 is 3.00 bits per heavy atom. The summed E-state index contributed by atoms with van der Waals surface area (Å²) in [7, 11) is 0. The van der Waals surface area contributed by atoms with Crippen LogP contribution in [0.1, 0.15) is 54.8 Å². The predicted octanol–water partition coefficient (Wildman–Crippen LogP) is 3.04. The van der Waals surface area contributed by atoms with E-state index in [2.05, 4.69) is 31.0 Å². The zero-order valence-electron chi connectivity index (χ0n) is 12.7. The van der Waals surface area contributed by atoms with Crippen LogP contribution in [0.5, 0.6) is 0 Å². The van der Waals surface area contributed by atoms with E-state index in [0.717, 1.165) is 17.2 Å². The zero-order valence-corrected chi connectivity index (χ0v) is 13.5. The molecule has 0 radical (unpaired) electrons. The number of hydrogen-bond acceptors (Lipinski definition) is 3. The Labute approximate surface area is 130 Å². The minimum absolute atomic E-state index is 0.00728. The van der Waals surface area contributed by atoms with Crippen LogP contribution in [0.15, 0.2) is 11.4 Å². The van der Waals surface area contributed by atoms with Crippen molar-refractivity contribution in [2.75, 3.05) is 6.61 Å². The molecule has 0 bridgehead atoms. The molecule has 3 atom stereocenters. The second kappa shape index (κ2) is 7.63. The molecule has 2 N–H and O–H groups in total. The van der Waals surface area contributed by atoms with Crippen molar-refractivity contribution in [3.05, 3.63) is 21.9 Å². The second-order valence-corrected chi connectivity index (χ2v) is 6.86. The van der Waals surface area contributed by atoms with E-state index < -0.39 is 0 Å². The highest BCUT2D eigenvalue weighted by atomic mass is 32.1. The molecule has 0 saturated heterocycles. The SMILES string of the molecule is CC1CCC(NC(=O)c2csc(C#CCCO)c2)C(C)C1. The van der Waals surface area contributed by atoms with Gasteiger partial charge in [-0.2, -0.15) is 0 Å². The van der Waals surface area contributed by atoms with Gasteiger partial charge in [0.15, 0.2) is 0 Å². The van der Waals surface area contributed by atoms with Crippen molar-refractivity contribution >= 4 is 17.2 Å². The van der Waals surface area contributed by atoms with Crippen molar-refractivity contribution in [2.45, 2.75) is 45.6 Å². The molecule has 0 aromatic carbocycles. The van der Waals surface area contributed by atoms with Crippen LogP contribution in [0, 0.1) is 23.7 Å². The Morgan fingerprint density at radius 1 is 1.48 bits per heavy atom. The van der Waals surface area contributed by atoms with Gasteiger partial charge in [0.2, 0.25) is 0 Å². The summed E-state index contributed by atoms with van der Waals surface area (Å²) in [6.07, 6.45) is 3.92. The first-order valence-corrected chi connectivity index (χ1v) is 8.47. The Morgan fingerprint density at radius 2 is 2.29 bits per heavy atom. The molecular weight excluding hydrogens is 282 g/mol. The topological polar surface area (TPSA) is 49.3 Å². The average molecular weight is 305 g/mol. The second-order valence-electron chi connectivity index (χ2n) is 5.95. The van der Waals surface area contributed by atoms with Gasteiger partial charge in [-0.1, -0.05) is 25.7 Å². The molecule has 4 heteroatoms. The van der Waals surface area contributed by atoms with Crippen molar-refractivity contribution in [3.63, 3.8) is 0 Å². The first-order valence-electron chi connectivity index (χ1n) is 7.59. The van der Waals surface area contributed by atoms with Crippen LogP contribution in [0.2, 0.25) is 0 Å². The summed E-state index contributed by atoms with van der Waals surface area (Å²) in [5, 5.41) is 13.7. The number of aliphatic hydroxyl groups is 1. The van der Waals surface area contributed by atoms with Crippen LogP contribution in [0.3, 0.4) is 0 Å². The van der Waals surface area contributed by atoms with Crippen LogP contribution >= 0.6 is 11.3 Å². The number of aliphatic hydroxyl groups excluding tert-OH is 1. The van der Waals surface area contributed by atoms with Crippen molar-refractivity contribution in [1.82, 2.24) is 5.32 Å². The number of carbonyl (C=O) groups excluding carboxylic acids is 1. The van der Waals surface area contributed by atoms with Crippen LogP contribution < -0.4 is 5.32 Å². The van der Waals surface area contributed by atoms with Gasteiger partial charge >= 0.3 is 0 Å². The summed E-state index contributed by atoms with van der Waals surface area (Å²) >= 11 is 1.48. The van der Waals surface area contributed by atoms with Gasteiger partial charge in [-0.3, -0.25) is 4.79 Å². The molecule has 1 aliphatic rings. The lowest BCUT2D eigenvalue weighted by atomic mass is 9.80. The highest BCUT2D eigenvalue weighted by Gasteiger charge is 2.26. The lowest BCUT2D eigenvalue weighted by Gasteiger charge is -2.33. The van der Waals surface area contributed by atoms with Gasteiger partial charge in [-0.05, 0) is 37.2 Å². The molecule has 3 nitrogen and oxygen atoms in total. The van der Waals surface area contributed by atoms with Crippen LogP contribution in [-0.2, 0) is 0 Å². The summed E-state index contributed by atoms with van der Waals surface area (Å²) < 4.78 is 0. The Kier molecular flexibility index (Phi) is 5.84. The first-order chi connectivity index (χ1) is 10.1. The van der Waals surface area contributed by atoms with E-state index in [1.807, 2.05) is 11.4 Å². The minimum Gasteiger partial charge on any atom is -0.395 e. The van der Waals surface area contributed by atoms with E-state index in [1.54, 1.807) is 0 Å². The van der Waals surface area contributed by atoms with Crippen molar-refractivity contribution < 1.29 is 9.90 Å². The molecule has 1 saturated carbocycles. The molecule has 2 rings (SSSR count). The highest BCUT2D eigenvalue weighted by molar-refractivity contribution is 7.10. The molecule has 1 amide bonds. The fourth-order valence-electron chi connectivity index (χ4n) is 2.86. The summed E-state index contributed by atoms with van der Waals surface area (Å²) in [5.41, 5.74) is 0.694. The number of nitrogens with one attached hydrogen (secondary N) is 1. The zero-order chi connectivity index (χ0) is 15.2. The van der Waals surface area contributed by atoms with Crippen molar-refractivity contribution in [3.8, 4) is 11.8 Å². The van der Waals surface area contributed by atoms with E-state index in [9.17, 15) is 4.79 Å². The largest absolute Gasteiger partial charge is 0.395 e. The monoisotopic (exact) mass is 305 g/mol. The molecule has 114 valence electrons. The minimum atomic E-state index is 0.00728. The van der Waals surface area contributed by atoms with Gasteiger partial charge in [-0.15, -0.1) is 11.3 Å². The summed E-state index contributed by atoms with van der Waals surface area (Å²) in [5.74, 6) is 7.16. The molecule has 21 heavy (non-hydrogen) atoms. The third-order valence-electron chi connectivity index (χ3n) is 4.06.